The number of halogens is 2. The Morgan fingerprint density at radius 1 is 1.00 bits per heavy atom. The van der Waals surface area contributed by atoms with Gasteiger partial charge in [0.25, 0.3) is 6.01 Å². The third-order valence-corrected chi connectivity index (χ3v) is 15.2. The van der Waals surface area contributed by atoms with Crippen LogP contribution in [0, 0.1) is 28.9 Å². The summed E-state index contributed by atoms with van der Waals surface area (Å²) in [6.45, 7) is 5.68. The maximum Gasteiger partial charge on any atom is 0.297 e. The Kier molecular flexibility index (Phi) is 11.0. The molecule has 1 aromatic heterocycles. The summed E-state index contributed by atoms with van der Waals surface area (Å²) >= 11 is 0. The van der Waals surface area contributed by atoms with E-state index >= 15 is 0 Å². The molecule has 0 radical (unpaired) electrons. The van der Waals surface area contributed by atoms with E-state index in [0.29, 0.717) is 48.7 Å². The number of Topliss-reactive ketones (excluding diaryl/α,β-unsaturated/α-hetero) is 1. The smallest absolute Gasteiger partial charge is 0.297 e. The quantitative estimate of drug-likeness (QED) is 0.169. The van der Waals surface area contributed by atoms with Crippen molar-refractivity contribution < 1.29 is 36.3 Å². The van der Waals surface area contributed by atoms with Crippen molar-refractivity contribution in [2.75, 3.05) is 6.54 Å². The van der Waals surface area contributed by atoms with Crippen LogP contribution in [0.5, 0.6) is 6.01 Å². The predicted molar refractivity (Wildman–Crippen MR) is 221 cm³/mol. The lowest BCUT2D eigenvalue weighted by molar-refractivity contribution is -0.142. The second-order valence-corrected chi connectivity index (χ2v) is 19.8. The summed E-state index contributed by atoms with van der Waals surface area (Å²) in [7, 11) is -3.95. The number of ether oxygens (including phenoxy) is 1. The minimum atomic E-state index is -3.95. The van der Waals surface area contributed by atoms with Crippen molar-refractivity contribution in [2.24, 2.45) is 17.3 Å². The number of fused-ring (bicyclic) bond motifs is 3. The summed E-state index contributed by atoms with van der Waals surface area (Å²) in [5.74, 6) is -3.75. The Bertz CT molecular complexity index is 2410. The Morgan fingerprint density at radius 3 is 2.51 bits per heavy atom. The highest BCUT2D eigenvalue weighted by molar-refractivity contribution is 7.91. The van der Waals surface area contributed by atoms with Crippen molar-refractivity contribution in [1.82, 2.24) is 19.2 Å². The molecule has 2 amide bonds. The van der Waals surface area contributed by atoms with Crippen LogP contribution in [-0.4, -0.2) is 63.9 Å². The lowest BCUT2D eigenvalue weighted by Crippen LogP contribution is -2.47. The van der Waals surface area contributed by atoms with E-state index in [0.717, 1.165) is 48.9 Å². The molecule has 13 heteroatoms. The van der Waals surface area contributed by atoms with Crippen LogP contribution < -0.4 is 9.46 Å². The van der Waals surface area contributed by atoms with Crippen LogP contribution in [-0.2, 0) is 30.8 Å². The standard InChI is InChI=1S/C46H52F2N4O6S/c1-29(2)52-38-18-12-17-35(31-19-20-36(47)37(48)24-31)41(38)49-44(52)58-34-25-39-40(53)27-46(43(55)50-59(56,57)45(3)21-22-45)26-33(46)16-11-6-4-5-10-15-32(42(54)51(39)28-34)23-30-13-8-7-9-14-30/h7-9,11-14,16-20,24,29,32-34,39H,4-6,10,15,21-23,25-28H2,1-3H3,(H,50,55)/b16-11-/t32-,33+,34-,39+,46-/m1/s1. The molecule has 8 rings (SSSR count). The fourth-order valence-electron chi connectivity index (χ4n) is 9.04. The van der Waals surface area contributed by atoms with E-state index in [1.54, 1.807) is 17.9 Å². The zero-order valence-corrected chi connectivity index (χ0v) is 34.6. The van der Waals surface area contributed by atoms with Gasteiger partial charge in [-0.3, -0.25) is 23.7 Å². The highest BCUT2D eigenvalue weighted by Gasteiger charge is 2.62. The van der Waals surface area contributed by atoms with Crippen LogP contribution in [0.1, 0.15) is 96.6 Å². The molecule has 3 fully saturated rings. The fraction of sp³-hybridized carbons (Fsp3) is 0.478. The number of rotatable bonds is 9. The molecule has 0 bridgehead atoms. The lowest BCUT2D eigenvalue weighted by Gasteiger charge is -2.29. The fourth-order valence-corrected chi connectivity index (χ4v) is 10.4. The number of allylic oxidation sites excluding steroid dienone is 2. The summed E-state index contributed by atoms with van der Waals surface area (Å²) in [5.41, 5.74) is 2.06. The number of para-hydroxylation sites is 1. The number of hydrogen-bond acceptors (Lipinski definition) is 7. The van der Waals surface area contributed by atoms with Gasteiger partial charge in [0, 0.05) is 30.4 Å². The molecule has 2 aliphatic heterocycles. The van der Waals surface area contributed by atoms with Crippen molar-refractivity contribution in [2.45, 2.75) is 114 Å². The molecule has 3 aromatic carbocycles. The number of sulfonamides is 1. The number of imidazole rings is 1. The molecule has 4 aliphatic rings. The van der Waals surface area contributed by atoms with Crippen LogP contribution in [0.3, 0.4) is 0 Å². The van der Waals surface area contributed by atoms with E-state index in [4.69, 9.17) is 9.72 Å². The molecule has 1 saturated heterocycles. The Hall–Kier alpha value is -4.91. The number of ketones is 1. The van der Waals surface area contributed by atoms with E-state index in [2.05, 4.69) is 4.72 Å². The minimum Gasteiger partial charge on any atom is -0.459 e. The van der Waals surface area contributed by atoms with Crippen LogP contribution in [0.4, 0.5) is 8.78 Å². The topological polar surface area (TPSA) is 128 Å². The van der Waals surface area contributed by atoms with E-state index in [1.807, 2.05) is 73.0 Å². The molecule has 312 valence electrons. The molecular formula is C46H52F2N4O6S. The first kappa shape index (κ1) is 40.9. The van der Waals surface area contributed by atoms with Crippen molar-refractivity contribution >= 4 is 38.7 Å². The number of hydrogen-bond donors (Lipinski definition) is 1. The van der Waals surface area contributed by atoms with Gasteiger partial charge >= 0.3 is 0 Å². The first-order valence-corrected chi connectivity index (χ1v) is 22.4. The number of nitrogens with zero attached hydrogens (tertiary/aromatic N) is 3. The number of nitrogens with one attached hydrogen (secondary N) is 1. The molecule has 59 heavy (non-hydrogen) atoms. The van der Waals surface area contributed by atoms with Gasteiger partial charge in [-0.1, -0.05) is 73.5 Å². The average Bonchev–Trinajstić information content (AvgIpc) is 4.02. The van der Waals surface area contributed by atoms with Crippen molar-refractivity contribution in [3.63, 3.8) is 0 Å². The van der Waals surface area contributed by atoms with Crippen LogP contribution in [0.15, 0.2) is 78.9 Å². The largest absolute Gasteiger partial charge is 0.459 e. The summed E-state index contributed by atoms with van der Waals surface area (Å²) in [5, 5.41) is 0. The van der Waals surface area contributed by atoms with Gasteiger partial charge in [-0.15, -0.1) is 0 Å². The number of amides is 2. The molecule has 2 saturated carbocycles. The van der Waals surface area contributed by atoms with Crippen LogP contribution in [0.2, 0.25) is 0 Å². The normalized spacial score (nSPS) is 26.4. The number of aromatic nitrogens is 2. The zero-order valence-electron chi connectivity index (χ0n) is 33.8. The highest BCUT2D eigenvalue weighted by Crippen LogP contribution is 2.57. The lowest BCUT2D eigenvalue weighted by atomic mass is 9.90. The van der Waals surface area contributed by atoms with E-state index in [9.17, 15) is 31.6 Å². The SMILES string of the molecule is CC(C)n1c(O[C@@H]2C[C@H]3C(=O)C[C@]4(C(=O)NS(=O)(=O)C5(C)CC5)C[C@@H]4/C=C\CCCCC[C@H](Cc4ccccc4)C(=O)N3C2)nc2c(-c3ccc(F)c(F)c3)cccc21. The molecule has 10 nitrogen and oxygen atoms in total. The van der Waals surface area contributed by atoms with Gasteiger partial charge in [-0.25, -0.2) is 17.2 Å². The Morgan fingerprint density at radius 2 is 1.78 bits per heavy atom. The Labute approximate surface area is 344 Å². The highest BCUT2D eigenvalue weighted by atomic mass is 32.2. The van der Waals surface area contributed by atoms with Crippen LogP contribution >= 0.6 is 0 Å². The molecule has 1 N–H and O–H groups in total. The summed E-state index contributed by atoms with van der Waals surface area (Å²) in [6.07, 6.45) is 9.11. The second-order valence-electron chi connectivity index (χ2n) is 17.6. The van der Waals surface area contributed by atoms with Gasteiger partial charge in [0.2, 0.25) is 21.8 Å². The molecule has 0 spiro atoms. The number of carbonyl (C=O) groups excluding carboxylic acids is 3. The van der Waals surface area contributed by atoms with Gasteiger partial charge in [-0.2, -0.15) is 4.98 Å². The summed E-state index contributed by atoms with van der Waals surface area (Å²) in [4.78, 5) is 50.2. The molecule has 3 heterocycles. The van der Waals surface area contributed by atoms with Gasteiger partial charge < -0.3 is 9.64 Å². The summed E-state index contributed by atoms with van der Waals surface area (Å²) < 4.78 is 64.8. The third kappa shape index (κ3) is 8.06. The maximum atomic E-state index is 14.9. The van der Waals surface area contributed by atoms with Gasteiger partial charge in [0.1, 0.15) is 11.6 Å². The van der Waals surface area contributed by atoms with Crippen molar-refractivity contribution in [1.29, 1.82) is 0 Å². The minimum absolute atomic E-state index is 0.104. The average molecular weight is 827 g/mol. The molecule has 4 aromatic rings. The third-order valence-electron chi connectivity index (χ3n) is 13.0. The summed E-state index contributed by atoms with van der Waals surface area (Å²) in [6, 6.07) is 18.3. The predicted octanol–water partition coefficient (Wildman–Crippen LogP) is 8.25. The number of carbonyl (C=O) groups is 3. The van der Waals surface area contributed by atoms with Crippen LogP contribution in [0.25, 0.3) is 22.2 Å². The van der Waals surface area contributed by atoms with Crippen molar-refractivity contribution in [3.8, 4) is 17.1 Å². The van der Waals surface area contributed by atoms with E-state index < -0.39 is 55.8 Å². The second kappa shape index (κ2) is 15.9. The van der Waals surface area contributed by atoms with Crippen molar-refractivity contribution in [3.05, 3.63) is 96.1 Å². The molecule has 5 atom stereocenters. The van der Waals surface area contributed by atoms with Gasteiger partial charge in [-0.05, 0) is 101 Å². The van der Waals surface area contributed by atoms with E-state index in [1.165, 1.54) is 6.07 Å². The molecule has 2 aliphatic carbocycles. The monoisotopic (exact) mass is 826 g/mol. The molecule has 0 unspecified atom stereocenters. The Balaban J connectivity index is 1.13. The zero-order chi connectivity index (χ0) is 41.7. The number of benzene rings is 3. The first-order valence-electron chi connectivity index (χ1n) is 20.9. The van der Waals surface area contributed by atoms with Gasteiger partial charge in [0.05, 0.1) is 28.3 Å². The molecular weight excluding hydrogens is 775 g/mol. The first-order chi connectivity index (χ1) is 28.2. The van der Waals surface area contributed by atoms with E-state index in [-0.39, 0.29) is 49.0 Å². The maximum absolute atomic E-state index is 14.9. The van der Waals surface area contributed by atoms with Gasteiger partial charge in [0.15, 0.2) is 17.4 Å².